The standard InChI is InChI=1S/C17H19N5OS/c1-12(16-20-19-15-8-2-3-9-22(15)16)18-17(23)21-10-4-6-13(21)14-7-5-11-24-14/h2-3,5,7-9,11-13H,4,6,10H2,1H3,(H,18,23)/t12-,13-/m1/s1. The molecule has 3 aromatic rings. The molecule has 1 fully saturated rings. The van der Waals surface area contributed by atoms with Gasteiger partial charge in [0.05, 0.1) is 12.1 Å². The lowest BCUT2D eigenvalue weighted by molar-refractivity contribution is 0.190. The average Bonchev–Trinajstić information content (AvgIpc) is 3.33. The Morgan fingerprint density at radius 1 is 1.33 bits per heavy atom. The minimum Gasteiger partial charge on any atom is -0.328 e. The topological polar surface area (TPSA) is 62.5 Å². The second-order valence-electron chi connectivity index (χ2n) is 6.03. The number of hydrogen-bond donors (Lipinski definition) is 1. The maximum Gasteiger partial charge on any atom is 0.318 e. The molecule has 4 heterocycles. The summed E-state index contributed by atoms with van der Waals surface area (Å²) in [6, 6.07) is 9.85. The molecule has 0 saturated carbocycles. The molecule has 0 aliphatic carbocycles. The lowest BCUT2D eigenvalue weighted by Gasteiger charge is -2.25. The Balaban J connectivity index is 1.51. The van der Waals surface area contributed by atoms with Gasteiger partial charge >= 0.3 is 6.03 Å². The van der Waals surface area contributed by atoms with E-state index in [1.54, 1.807) is 11.3 Å². The lowest BCUT2D eigenvalue weighted by atomic mass is 10.2. The summed E-state index contributed by atoms with van der Waals surface area (Å²) in [7, 11) is 0. The molecule has 0 radical (unpaired) electrons. The Morgan fingerprint density at radius 2 is 2.25 bits per heavy atom. The second-order valence-corrected chi connectivity index (χ2v) is 7.00. The van der Waals surface area contributed by atoms with Crippen molar-refractivity contribution >= 4 is 23.0 Å². The smallest absolute Gasteiger partial charge is 0.318 e. The average molecular weight is 341 g/mol. The minimum atomic E-state index is -0.209. The van der Waals surface area contributed by atoms with E-state index in [-0.39, 0.29) is 18.1 Å². The van der Waals surface area contributed by atoms with Crippen molar-refractivity contribution in [1.82, 2.24) is 24.8 Å². The third-order valence-electron chi connectivity index (χ3n) is 4.45. The molecule has 1 aliphatic heterocycles. The molecule has 0 aromatic carbocycles. The quantitative estimate of drug-likeness (QED) is 0.794. The molecule has 124 valence electrons. The highest BCUT2D eigenvalue weighted by Crippen LogP contribution is 2.34. The predicted octanol–water partition coefficient (Wildman–Crippen LogP) is 3.40. The zero-order valence-electron chi connectivity index (χ0n) is 13.4. The van der Waals surface area contributed by atoms with Gasteiger partial charge in [-0.05, 0) is 43.3 Å². The van der Waals surface area contributed by atoms with Crippen molar-refractivity contribution in [3.8, 4) is 0 Å². The van der Waals surface area contributed by atoms with Gasteiger partial charge in [-0.25, -0.2) is 4.79 Å². The van der Waals surface area contributed by atoms with Gasteiger partial charge in [0.1, 0.15) is 0 Å². The molecule has 6 nitrogen and oxygen atoms in total. The van der Waals surface area contributed by atoms with Gasteiger partial charge in [0.25, 0.3) is 0 Å². The van der Waals surface area contributed by atoms with E-state index < -0.39 is 0 Å². The van der Waals surface area contributed by atoms with Gasteiger partial charge in [-0.15, -0.1) is 21.5 Å². The van der Waals surface area contributed by atoms with Crippen LogP contribution < -0.4 is 5.32 Å². The number of amides is 2. The van der Waals surface area contributed by atoms with Crippen LogP contribution in [-0.2, 0) is 0 Å². The van der Waals surface area contributed by atoms with E-state index in [1.807, 2.05) is 46.7 Å². The molecule has 4 rings (SSSR count). The first kappa shape index (κ1) is 15.1. The molecule has 1 aliphatic rings. The number of carbonyl (C=O) groups excluding carboxylic acids is 1. The number of nitrogens with one attached hydrogen (secondary N) is 1. The number of fused-ring (bicyclic) bond motifs is 1. The van der Waals surface area contributed by atoms with Crippen LogP contribution in [0.3, 0.4) is 0 Å². The summed E-state index contributed by atoms with van der Waals surface area (Å²) in [4.78, 5) is 15.9. The fourth-order valence-electron chi connectivity index (χ4n) is 3.27. The fourth-order valence-corrected chi connectivity index (χ4v) is 4.15. The van der Waals surface area contributed by atoms with Gasteiger partial charge in [0, 0.05) is 17.6 Å². The third kappa shape index (κ3) is 2.65. The van der Waals surface area contributed by atoms with Crippen LogP contribution in [0.2, 0.25) is 0 Å². The Bertz CT molecular complexity index is 844. The SMILES string of the molecule is C[C@@H](NC(=O)N1CCC[C@@H]1c1cccs1)c1nnc2ccccn12. The molecule has 2 amide bonds. The van der Waals surface area contributed by atoms with Crippen molar-refractivity contribution in [1.29, 1.82) is 0 Å². The van der Waals surface area contributed by atoms with E-state index in [0.717, 1.165) is 30.9 Å². The highest BCUT2D eigenvalue weighted by atomic mass is 32.1. The summed E-state index contributed by atoms with van der Waals surface area (Å²) < 4.78 is 1.91. The first-order valence-corrected chi connectivity index (χ1v) is 9.02. The summed E-state index contributed by atoms with van der Waals surface area (Å²) in [6.07, 6.45) is 3.98. The van der Waals surface area contributed by atoms with Crippen LogP contribution in [0.4, 0.5) is 4.79 Å². The van der Waals surface area contributed by atoms with Gasteiger partial charge < -0.3 is 10.2 Å². The van der Waals surface area contributed by atoms with E-state index in [1.165, 1.54) is 4.88 Å². The van der Waals surface area contributed by atoms with E-state index in [0.29, 0.717) is 0 Å². The van der Waals surface area contributed by atoms with Crippen molar-refractivity contribution in [2.45, 2.75) is 31.8 Å². The largest absolute Gasteiger partial charge is 0.328 e. The summed E-state index contributed by atoms with van der Waals surface area (Å²) in [5, 5.41) is 13.5. The molecule has 7 heteroatoms. The van der Waals surface area contributed by atoms with Crippen molar-refractivity contribution in [3.05, 3.63) is 52.6 Å². The maximum absolute atomic E-state index is 12.8. The van der Waals surface area contributed by atoms with Crippen LogP contribution in [0.15, 0.2) is 41.9 Å². The van der Waals surface area contributed by atoms with E-state index in [4.69, 9.17) is 0 Å². The van der Waals surface area contributed by atoms with Gasteiger partial charge in [-0.3, -0.25) is 4.40 Å². The Morgan fingerprint density at radius 3 is 3.08 bits per heavy atom. The van der Waals surface area contributed by atoms with Gasteiger partial charge in [0.2, 0.25) is 0 Å². The molecule has 1 N–H and O–H groups in total. The van der Waals surface area contributed by atoms with Crippen LogP contribution in [0, 0.1) is 0 Å². The van der Waals surface area contributed by atoms with Gasteiger partial charge in [-0.2, -0.15) is 0 Å². The predicted molar refractivity (Wildman–Crippen MR) is 92.9 cm³/mol. The lowest BCUT2D eigenvalue weighted by Crippen LogP contribution is -2.40. The summed E-state index contributed by atoms with van der Waals surface area (Å²) >= 11 is 1.71. The second kappa shape index (κ2) is 6.24. The van der Waals surface area contributed by atoms with Crippen molar-refractivity contribution < 1.29 is 4.79 Å². The number of likely N-dealkylation sites (tertiary alicyclic amines) is 1. The summed E-state index contributed by atoms with van der Waals surface area (Å²) in [5.41, 5.74) is 0.784. The van der Waals surface area contributed by atoms with Crippen molar-refractivity contribution in [3.63, 3.8) is 0 Å². The van der Waals surface area contributed by atoms with Crippen LogP contribution in [0.25, 0.3) is 5.65 Å². The highest BCUT2D eigenvalue weighted by molar-refractivity contribution is 7.10. The number of thiophene rings is 1. The number of aromatic nitrogens is 3. The van der Waals surface area contributed by atoms with Crippen LogP contribution in [0.5, 0.6) is 0 Å². The normalized spacial score (nSPS) is 18.9. The number of pyridine rings is 1. The zero-order valence-corrected chi connectivity index (χ0v) is 14.2. The molecule has 3 aromatic heterocycles. The monoisotopic (exact) mass is 341 g/mol. The van der Waals surface area contributed by atoms with Gasteiger partial charge in [-0.1, -0.05) is 12.1 Å². The van der Waals surface area contributed by atoms with Crippen LogP contribution in [-0.4, -0.2) is 32.1 Å². The Labute approximate surface area is 144 Å². The van der Waals surface area contributed by atoms with Crippen molar-refractivity contribution in [2.75, 3.05) is 6.54 Å². The van der Waals surface area contributed by atoms with E-state index in [9.17, 15) is 4.79 Å². The van der Waals surface area contributed by atoms with Crippen LogP contribution in [0.1, 0.15) is 42.6 Å². The first-order valence-electron chi connectivity index (χ1n) is 8.14. The van der Waals surface area contributed by atoms with E-state index in [2.05, 4.69) is 27.0 Å². The molecule has 2 atom stereocenters. The summed E-state index contributed by atoms with van der Waals surface area (Å²) in [5.74, 6) is 0.742. The molecule has 0 spiro atoms. The molecule has 0 bridgehead atoms. The maximum atomic E-state index is 12.8. The fraction of sp³-hybridized carbons (Fsp3) is 0.353. The minimum absolute atomic E-state index is 0.0360. The molecule has 0 unspecified atom stereocenters. The number of rotatable bonds is 3. The third-order valence-corrected chi connectivity index (χ3v) is 5.43. The molecular weight excluding hydrogens is 322 g/mol. The van der Waals surface area contributed by atoms with Gasteiger partial charge in [0.15, 0.2) is 11.5 Å². The van der Waals surface area contributed by atoms with E-state index >= 15 is 0 Å². The number of carbonyl (C=O) groups is 1. The first-order chi connectivity index (χ1) is 11.7. The number of hydrogen-bond acceptors (Lipinski definition) is 4. The Kier molecular flexibility index (Phi) is 3.93. The molecule has 1 saturated heterocycles. The molecular formula is C17H19N5OS. The number of urea groups is 1. The highest BCUT2D eigenvalue weighted by Gasteiger charge is 2.31. The Hall–Kier alpha value is -2.41. The summed E-state index contributed by atoms with van der Waals surface area (Å²) in [6.45, 7) is 2.74. The zero-order chi connectivity index (χ0) is 16.5. The number of nitrogens with zero attached hydrogens (tertiary/aromatic N) is 4. The molecule has 24 heavy (non-hydrogen) atoms. The van der Waals surface area contributed by atoms with Crippen LogP contribution >= 0.6 is 11.3 Å². The van der Waals surface area contributed by atoms with Crippen molar-refractivity contribution in [2.24, 2.45) is 0 Å².